The van der Waals surface area contributed by atoms with E-state index >= 15 is 0 Å². The fraction of sp³-hybridized carbons (Fsp3) is 0.550. The number of nitrogens with zero attached hydrogens (tertiary/aromatic N) is 5. The fourth-order valence-corrected chi connectivity index (χ4v) is 3.73. The smallest absolute Gasteiger partial charge is 0.229 e. The fourth-order valence-electron chi connectivity index (χ4n) is 3.73. The summed E-state index contributed by atoms with van der Waals surface area (Å²) in [7, 11) is 2.15. The molecule has 0 N–H and O–H groups in total. The second-order valence-electron chi connectivity index (χ2n) is 7.54. The van der Waals surface area contributed by atoms with E-state index in [9.17, 15) is 5.26 Å². The Bertz CT molecular complexity index is 791. The van der Waals surface area contributed by atoms with Crippen molar-refractivity contribution in [3.63, 3.8) is 0 Å². The van der Waals surface area contributed by atoms with Crippen LogP contribution < -0.4 is 0 Å². The largest absolute Gasteiger partial charge is 0.339 e. The third-order valence-electron chi connectivity index (χ3n) is 5.44. The Morgan fingerprint density at radius 1 is 1.31 bits per heavy atom. The maximum absolute atomic E-state index is 9.29. The molecular weight excluding hydrogens is 326 g/mol. The third kappa shape index (κ3) is 3.95. The molecule has 0 spiro atoms. The van der Waals surface area contributed by atoms with Gasteiger partial charge in [-0.1, -0.05) is 23.4 Å². The number of benzene rings is 1. The minimum Gasteiger partial charge on any atom is -0.339 e. The van der Waals surface area contributed by atoms with E-state index in [4.69, 9.17) is 4.52 Å². The lowest BCUT2D eigenvalue weighted by Gasteiger charge is -2.37. The van der Waals surface area contributed by atoms with Crippen LogP contribution in [0.15, 0.2) is 28.8 Å². The summed E-state index contributed by atoms with van der Waals surface area (Å²) >= 11 is 0. The third-order valence-corrected chi connectivity index (χ3v) is 5.44. The summed E-state index contributed by atoms with van der Waals surface area (Å²) in [4.78, 5) is 9.35. The van der Waals surface area contributed by atoms with Gasteiger partial charge in [-0.3, -0.25) is 9.80 Å². The van der Waals surface area contributed by atoms with Gasteiger partial charge in [-0.15, -0.1) is 0 Å². The average Bonchev–Trinajstić information content (AvgIpc) is 3.42. The van der Waals surface area contributed by atoms with Crippen LogP contribution in [0.4, 0.5) is 0 Å². The highest BCUT2D eigenvalue weighted by Crippen LogP contribution is 2.38. The molecule has 1 aliphatic carbocycles. The van der Waals surface area contributed by atoms with Crippen molar-refractivity contribution in [2.45, 2.75) is 50.7 Å². The lowest BCUT2D eigenvalue weighted by Crippen LogP contribution is -2.46. The van der Waals surface area contributed by atoms with Crippen LogP contribution in [0.5, 0.6) is 0 Å². The Kier molecular flexibility index (Phi) is 5.00. The first kappa shape index (κ1) is 17.2. The lowest BCUT2D eigenvalue weighted by atomic mass is 10.0. The van der Waals surface area contributed by atoms with E-state index < -0.39 is 0 Å². The van der Waals surface area contributed by atoms with Gasteiger partial charge in [0.25, 0.3) is 0 Å². The van der Waals surface area contributed by atoms with Crippen LogP contribution in [0.25, 0.3) is 0 Å². The van der Waals surface area contributed by atoms with Crippen LogP contribution in [0.2, 0.25) is 0 Å². The molecule has 1 atom stereocenters. The van der Waals surface area contributed by atoms with Gasteiger partial charge in [0.1, 0.15) is 0 Å². The van der Waals surface area contributed by atoms with E-state index in [1.54, 1.807) is 0 Å². The number of likely N-dealkylation sites (tertiary alicyclic amines) is 1. The summed E-state index contributed by atoms with van der Waals surface area (Å²) in [6, 6.07) is 10.6. The Labute approximate surface area is 154 Å². The lowest BCUT2D eigenvalue weighted by molar-refractivity contribution is 0.105. The van der Waals surface area contributed by atoms with Gasteiger partial charge in [0.05, 0.1) is 18.2 Å². The van der Waals surface area contributed by atoms with Gasteiger partial charge in [-0.2, -0.15) is 10.2 Å². The molecule has 26 heavy (non-hydrogen) atoms. The van der Waals surface area contributed by atoms with E-state index in [-0.39, 0.29) is 0 Å². The van der Waals surface area contributed by atoms with Crippen LogP contribution in [0.1, 0.15) is 54.4 Å². The normalized spacial score (nSPS) is 21.0. The average molecular weight is 351 g/mol. The Balaban J connectivity index is 1.35. The van der Waals surface area contributed by atoms with Gasteiger partial charge in [0, 0.05) is 25.0 Å². The van der Waals surface area contributed by atoms with Gasteiger partial charge >= 0.3 is 0 Å². The molecule has 2 aromatic rings. The van der Waals surface area contributed by atoms with E-state index in [0.717, 1.165) is 49.0 Å². The van der Waals surface area contributed by atoms with E-state index in [0.29, 0.717) is 12.0 Å². The number of aromatic nitrogens is 2. The molecule has 1 aromatic carbocycles. The van der Waals surface area contributed by atoms with Crippen molar-refractivity contribution < 1.29 is 4.52 Å². The molecule has 0 radical (unpaired) electrons. The van der Waals surface area contributed by atoms with Crippen molar-refractivity contribution in [3.05, 3.63) is 47.1 Å². The quantitative estimate of drug-likeness (QED) is 0.797. The van der Waals surface area contributed by atoms with Gasteiger partial charge in [-0.25, -0.2) is 0 Å². The minimum absolute atomic E-state index is 0.477. The SMILES string of the molecule is CN(Cc1ccccc1C#N)C1CCCN(Cc2noc(C3CC3)n2)C1. The molecule has 0 bridgehead atoms. The van der Waals surface area contributed by atoms with Crippen LogP contribution in [0.3, 0.4) is 0 Å². The number of hydrogen-bond acceptors (Lipinski definition) is 6. The predicted octanol–water partition coefficient (Wildman–Crippen LogP) is 2.92. The molecule has 136 valence electrons. The molecule has 2 aliphatic rings. The molecule has 1 unspecified atom stereocenters. The maximum atomic E-state index is 9.29. The number of likely N-dealkylation sites (N-methyl/N-ethyl adjacent to an activating group) is 1. The Morgan fingerprint density at radius 2 is 2.15 bits per heavy atom. The second-order valence-corrected chi connectivity index (χ2v) is 7.54. The van der Waals surface area contributed by atoms with Crippen LogP contribution >= 0.6 is 0 Å². The molecule has 1 saturated carbocycles. The zero-order valence-electron chi connectivity index (χ0n) is 15.3. The summed E-state index contributed by atoms with van der Waals surface area (Å²) in [6.45, 7) is 3.64. The molecular formula is C20H25N5O. The zero-order valence-corrected chi connectivity index (χ0v) is 15.3. The van der Waals surface area contributed by atoms with Gasteiger partial charge in [0.15, 0.2) is 5.82 Å². The van der Waals surface area contributed by atoms with Crippen molar-refractivity contribution in [1.29, 1.82) is 5.26 Å². The first-order valence-corrected chi connectivity index (χ1v) is 9.46. The van der Waals surface area contributed by atoms with Crippen molar-refractivity contribution in [3.8, 4) is 6.07 Å². The van der Waals surface area contributed by atoms with E-state index in [2.05, 4.69) is 33.1 Å². The molecule has 1 aliphatic heterocycles. The van der Waals surface area contributed by atoms with Gasteiger partial charge in [-0.05, 0) is 50.9 Å². The summed E-state index contributed by atoms with van der Waals surface area (Å²) in [5.74, 6) is 2.14. The number of nitriles is 1. The Hall–Kier alpha value is -2.23. The second kappa shape index (κ2) is 7.56. The molecule has 0 amide bonds. The Morgan fingerprint density at radius 3 is 2.96 bits per heavy atom. The highest BCUT2D eigenvalue weighted by molar-refractivity contribution is 5.37. The van der Waals surface area contributed by atoms with Gasteiger partial charge in [0.2, 0.25) is 5.89 Å². The highest BCUT2D eigenvalue weighted by atomic mass is 16.5. The monoisotopic (exact) mass is 351 g/mol. The number of hydrogen-bond donors (Lipinski definition) is 0. The summed E-state index contributed by atoms with van der Waals surface area (Å²) < 4.78 is 5.38. The maximum Gasteiger partial charge on any atom is 0.229 e. The van der Waals surface area contributed by atoms with Crippen molar-refractivity contribution in [2.75, 3.05) is 20.1 Å². The van der Waals surface area contributed by atoms with Crippen LogP contribution in [0, 0.1) is 11.3 Å². The molecule has 2 heterocycles. The first-order valence-electron chi connectivity index (χ1n) is 9.46. The minimum atomic E-state index is 0.477. The zero-order chi connectivity index (χ0) is 17.9. The molecule has 1 saturated heterocycles. The van der Waals surface area contributed by atoms with Gasteiger partial charge < -0.3 is 4.52 Å². The van der Waals surface area contributed by atoms with E-state index in [1.165, 1.54) is 25.7 Å². The number of rotatable bonds is 6. The highest BCUT2D eigenvalue weighted by Gasteiger charge is 2.30. The first-order chi connectivity index (χ1) is 12.7. The summed E-state index contributed by atoms with van der Waals surface area (Å²) in [6.07, 6.45) is 4.72. The molecule has 4 rings (SSSR count). The molecule has 6 nitrogen and oxygen atoms in total. The molecule has 6 heteroatoms. The van der Waals surface area contributed by atoms with Crippen molar-refractivity contribution >= 4 is 0 Å². The molecule has 1 aromatic heterocycles. The predicted molar refractivity (Wildman–Crippen MR) is 97.2 cm³/mol. The van der Waals surface area contributed by atoms with Crippen molar-refractivity contribution in [2.24, 2.45) is 0 Å². The van der Waals surface area contributed by atoms with Crippen LogP contribution in [-0.2, 0) is 13.1 Å². The topological polar surface area (TPSA) is 69.2 Å². The van der Waals surface area contributed by atoms with Crippen molar-refractivity contribution in [1.82, 2.24) is 19.9 Å². The summed E-state index contributed by atoms with van der Waals surface area (Å²) in [5, 5.41) is 13.4. The summed E-state index contributed by atoms with van der Waals surface area (Å²) in [5.41, 5.74) is 1.87. The molecule has 2 fully saturated rings. The number of piperidine rings is 1. The van der Waals surface area contributed by atoms with Crippen LogP contribution in [-0.4, -0.2) is 46.1 Å². The standard InChI is InChI=1S/C20H25N5O/c1-24(12-17-6-3-2-5-16(17)11-21)18-7-4-10-25(13-18)14-19-22-20(26-23-19)15-8-9-15/h2-3,5-6,15,18H,4,7-10,12-14H2,1H3. The van der Waals surface area contributed by atoms with E-state index in [1.807, 2.05) is 24.3 Å².